The molecule has 5 heteroatoms. The number of piperidine rings is 1. The van der Waals surface area contributed by atoms with Gasteiger partial charge in [-0.2, -0.15) is 0 Å². The summed E-state index contributed by atoms with van der Waals surface area (Å²) in [4.78, 5) is 0. The van der Waals surface area contributed by atoms with E-state index in [0.717, 1.165) is 24.1 Å². The third-order valence-corrected chi connectivity index (χ3v) is 6.14. The maximum Gasteiger partial charge on any atom is 0.494 e. The highest BCUT2D eigenvalue weighted by Crippen LogP contribution is 2.36. The molecule has 3 aliphatic rings. The van der Waals surface area contributed by atoms with Crippen molar-refractivity contribution in [3.05, 3.63) is 24.3 Å². The number of nitrogens with one attached hydrogen (secondary N) is 1. The Hall–Kier alpha value is -1.04. The maximum atomic E-state index is 6.21. The molecule has 0 aliphatic carbocycles. The van der Waals surface area contributed by atoms with E-state index in [1.165, 1.54) is 12.8 Å². The molecule has 3 atom stereocenters. The molecule has 2 bridgehead atoms. The highest BCUT2D eigenvalue weighted by molar-refractivity contribution is 6.62. The first-order chi connectivity index (χ1) is 11.3. The summed E-state index contributed by atoms with van der Waals surface area (Å²) in [6, 6.07) is 9.52. The van der Waals surface area contributed by atoms with Gasteiger partial charge in [0.2, 0.25) is 0 Å². The Balaban J connectivity index is 1.40. The Morgan fingerprint density at radius 1 is 0.958 bits per heavy atom. The minimum absolute atomic E-state index is 0.304. The summed E-state index contributed by atoms with van der Waals surface area (Å²) in [5, 5.41) is 3.65. The normalized spacial score (nSPS) is 33.7. The number of ether oxygens (including phenoxy) is 1. The lowest BCUT2D eigenvalue weighted by atomic mass is 9.79. The summed E-state index contributed by atoms with van der Waals surface area (Å²) in [6.45, 7) is 8.32. The molecule has 3 aliphatic heterocycles. The van der Waals surface area contributed by atoms with Crippen LogP contribution in [0.25, 0.3) is 0 Å². The van der Waals surface area contributed by atoms with Crippen molar-refractivity contribution < 1.29 is 14.0 Å². The van der Waals surface area contributed by atoms with Gasteiger partial charge in [0, 0.05) is 12.1 Å². The molecule has 0 aromatic heterocycles. The van der Waals surface area contributed by atoms with Crippen molar-refractivity contribution >= 4 is 12.6 Å². The van der Waals surface area contributed by atoms with Gasteiger partial charge in [-0.3, -0.25) is 0 Å². The van der Waals surface area contributed by atoms with E-state index < -0.39 is 0 Å². The quantitative estimate of drug-likeness (QED) is 0.866. The number of fused-ring (bicyclic) bond motifs is 2. The van der Waals surface area contributed by atoms with Gasteiger partial charge in [0.1, 0.15) is 11.9 Å². The second-order valence-electron chi connectivity index (χ2n) is 8.51. The van der Waals surface area contributed by atoms with Gasteiger partial charge in [-0.05, 0) is 71.0 Å². The molecule has 4 nitrogen and oxygen atoms in total. The number of benzene rings is 1. The van der Waals surface area contributed by atoms with E-state index in [1.54, 1.807) is 0 Å². The predicted octanol–water partition coefficient (Wildman–Crippen LogP) is 2.65. The summed E-state index contributed by atoms with van der Waals surface area (Å²) in [5.74, 6) is 0.946. The number of hydrogen-bond donors (Lipinski definition) is 1. The van der Waals surface area contributed by atoms with E-state index in [-0.39, 0.29) is 18.3 Å². The molecule has 3 fully saturated rings. The molecular weight excluding hydrogens is 301 g/mol. The van der Waals surface area contributed by atoms with Gasteiger partial charge in [-0.1, -0.05) is 12.1 Å². The first-order valence-electron chi connectivity index (χ1n) is 9.21. The molecule has 1 aromatic rings. The van der Waals surface area contributed by atoms with Gasteiger partial charge in [0.25, 0.3) is 0 Å². The molecule has 4 rings (SSSR count). The average molecular weight is 329 g/mol. The lowest BCUT2D eigenvalue weighted by molar-refractivity contribution is 0.00578. The van der Waals surface area contributed by atoms with Gasteiger partial charge in [0.15, 0.2) is 0 Å². The molecule has 0 amide bonds. The zero-order chi connectivity index (χ0) is 16.9. The Morgan fingerprint density at radius 2 is 1.50 bits per heavy atom. The smallest absolute Gasteiger partial charge is 0.490 e. The largest absolute Gasteiger partial charge is 0.494 e. The number of hydrogen-bond acceptors (Lipinski definition) is 4. The maximum absolute atomic E-state index is 6.21. The zero-order valence-corrected chi connectivity index (χ0v) is 15.2. The van der Waals surface area contributed by atoms with Crippen LogP contribution in [0.5, 0.6) is 5.75 Å². The minimum atomic E-state index is -0.307. The third-order valence-electron chi connectivity index (χ3n) is 6.14. The van der Waals surface area contributed by atoms with Crippen LogP contribution in [0.2, 0.25) is 0 Å². The van der Waals surface area contributed by atoms with E-state index in [9.17, 15) is 0 Å². The Morgan fingerprint density at radius 3 is 2.04 bits per heavy atom. The van der Waals surface area contributed by atoms with Crippen molar-refractivity contribution in [2.75, 3.05) is 0 Å². The Bertz CT molecular complexity index is 573. The minimum Gasteiger partial charge on any atom is -0.490 e. The van der Waals surface area contributed by atoms with Crippen LogP contribution in [0.1, 0.15) is 53.4 Å². The fourth-order valence-corrected chi connectivity index (χ4v) is 3.98. The Labute approximate surface area is 145 Å². The van der Waals surface area contributed by atoms with Crippen molar-refractivity contribution in [3.8, 4) is 5.75 Å². The first kappa shape index (κ1) is 16.4. The lowest BCUT2D eigenvalue weighted by Crippen LogP contribution is -2.42. The molecule has 1 N–H and O–H groups in total. The van der Waals surface area contributed by atoms with E-state index in [1.807, 2.05) is 12.1 Å². The van der Waals surface area contributed by atoms with Crippen LogP contribution < -0.4 is 15.5 Å². The summed E-state index contributed by atoms with van der Waals surface area (Å²) in [5.41, 5.74) is 0.439. The molecule has 130 valence electrons. The van der Waals surface area contributed by atoms with Gasteiger partial charge in [-0.15, -0.1) is 0 Å². The number of rotatable bonds is 3. The standard InChI is InChI=1S/C19H28BNO3/c1-18(2)19(3,4)24-20(23-18)13-5-9-16(10-6-13)22-17-11-14-7-8-15(12-17)21-14/h5-6,9-10,14-15,17,21H,7-8,11-12H2,1-4H3/t14-,15+,17?. The Kier molecular flexibility index (Phi) is 3.94. The van der Waals surface area contributed by atoms with E-state index in [2.05, 4.69) is 45.1 Å². The van der Waals surface area contributed by atoms with Crippen molar-refractivity contribution in [2.45, 2.75) is 82.8 Å². The topological polar surface area (TPSA) is 39.7 Å². The molecule has 3 heterocycles. The molecule has 3 saturated heterocycles. The molecule has 0 radical (unpaired) electrons. The third kappa shape index (κ3) is 2.98. The summed E-state index contributed by atoms with van der Waals surface area (Å²) in [7, 11) is -0.307. The summed E-state index contributed by atoms with van der Waals surface area (Å²) >= 11 is 0. The van der Waals surface area contributed by atoms with Crippen LogP contribution in [0.15, 0.2) is 24.3 Å². The van der Waals surface area contributed by atoms with Gasteiger partial charge in [0.05, 0.1) is 11.2 Å². The van der Waals surface area contributed by atoms with Gasteiger partial charge < -0.3 is 19.4 Å². The van der Waals surface area contributed by atoms with E-state index >= 15 is 0 Å². The van der Waals surface area contributed by atoms with Crippen LogP contribution >= 0.6 is 0 Å². The van der Waals surface area contributed by atoms with E-state index in [0.29, 0.717) is 18.2 Å². The molecule has 1 aromatic carbocycles. The second-order valence-corrected chi connectivity index (χ2v) is 8.51. The van der Waals surface area contributed by atoms with Crippen molar-refractivity contribution in [1.82, 2.24) is 5.32 Å². The van der Waals surface area contributed by atoms with Crippen LogP contribution in [0.3, 0.4) is 0 Å². The molecule has 0 spiro atoms. The highest BCUT2D eigenvalue weighted by Gasteiger charge is 2.51. The molecule has 24 heavy (non-hydrogen) atoms. The zero-order valence-electron chi connectivity index (χ0n) is 15.2. The first-order valence-corrected chi connectivity index (χ1v) is 9.21. The molecule has 0 saturated carbocycles. The molecule has 1 unspecified atom stereocenters. The van der Waals surface area contributed by atoms with Gasteiger partial charge >= 0.3 is 7.12 Å². The fraction of sp³-hybridized carbons (Fsp3) is 0.684. The SMILES string of the molecule is CC1(C)OB(c2ccc(OC3C[C@H]4CC[C@@H](C3)N4)cc2)OC1(C)C. The van der Waals surface area contributed by atoms with Crippen molar-refractivity contribution in [2.24, 2.45) is 0 Å². The van der Waals surface area contributed by atoms with Crippen LogP contribution in [0, 0.1) is 0 Å². The lowest BCUT2D eigenvalue weighted by Gasteiger charge is -2.32. The fourth-order valence-electron chi connectivity index (χ4n) is 3.98. The van der Waals surface area contributed by atoms with E-state index in [4.69, 9.17) is 14.0 Å². The van der Waals surface area contributed by atoms with Crippen molar-refractivity contribution in [1.29, 1.82) is 0 Å². The summed E-state index contributed by atoms with van der Waals surface area (Å²) < 4.78 is 18.4. The monoisotopic (exact) mass is 329 g/mol. The second kappa shape index (κ2) is 5.75. The predicted molar refractivity (Wildman–Crippen MR) is 95.8 cm³/mol. The van der Waals surface area contributed by atoms with Crippen LogP contribution in [0.4, 0.5) is 0 Å². The van der Waals surface area contributed by atoms with Crippen molar-refractivity contribution in [3.63, 3.8) is 0 Å². The van der Waals surface area contributed by atoms with Crippen LogP contribution in [-0.4, -0.2) is 36.5 Å². The van der Waals surface area contributed by atoms with Gasteiger partial charge in [-0.25, -0.2) is 0 Å². The van der Waals surface area contributed by atoms with Crippen LogP contribution in [-0.2, 0) is 9.31 Å². The summed E-state index contributed by atoms with van der Waals surface area (Å²) in [6.07, 6.45) is 5.17. The molecular formula is C19H28BNO3. The highest BCUT2D eigenvalue weighted by atomic mass is 16.7. The average Bonchev–Trinajstić information content (AvgIpc) is 2.96.